The van der Waals surface area contributed by atoms with Gasteiger partial charge in [-0.1, -0.05) is 12.1 Å². The average Bonchev–Trinajstić information content (AvgIpc) is 2.37. The Labute approximate surface area is 128 Å². The quantitative estimate of drug-likeness (QED) is 0.922. The van der Waals surface area contributed by atoms with Gasteiger partial charge >= 0.3 is 6.36 Å². The minimum atomic E-state index is -4.64. The number of rotatable bonds is 3. The predicted octanol–water partition coefficient (Wildman–Crippen LogP) is 3.36. The van der Waals surface area contributed by atoms with Crippen LogP contribution in [0.15, 0.2) is 24.3 Å². The van der Waals surface area contributed by atoms with Crippen LogP contribution in [0.3, 0.4) is 0 Å². The van der Waals surface area contributed by atoms with Gasteiger partial charge in [-0.25, -0.2) is 0 Å². The molecule has 0 saturated carbocycles. The first-order valence-electron chi connectivity index (χ1n) is 6.68. The van der Waals surface area contributed by atoms with E-state index in [9.17, 15) is 13.2 Å². The summed E-state index contributed by atoms with van der Waals surface area (Å²) in [5.74, 6) is -0.179. The molecule has 0 spiro atoms. The fourth-order valence-corrected chi connectivity index (χ4v) is 2.47. The Kier molecular flexibility index (Phi) is 6.31. The predicted molar refractivity (Wildman–Crippen MR) is 77.8 cm³/mol. The van der Waals surface area contributed by atoms with E-state index in [1.54, 1.807) is 12.1 Å². The second kappa shape index (κ2) is 7.33. The molecule has 1 N–H and O–H groups in total. The molecule has 0 aliphatic carbocycles. The van der Waals surface area contributed by atoms with Crippen LogP contribution >= 0.6 is 12.4 Å². The molecule has 1 fully saturated rings. The van der Waals surface area contributed by atoms with Crippen LogP contribution < -0.4 is 10.1 Å². The minimum Gasteiger partial charge on any atom is -0.406 e. The average molecular weight is 325 g/mol. The summed E-state index contributed by atoms with van der Waals surface area (Å²) in [5.41, 5.74) is 0.994. The lowest BCUT2D eigenvalue weighted by Crippen LogP contribution is -2.49. The molecule has 1 aliphatic heterocycles. The van der Waals surface area contributed by atoms with Crippen LogP contribution in [-0.2, 0) is 0 Å². The maximum Gasteiger partial charge on any atom is 0.573 e. The number of benzene rings is 1. The van der Waals surface area contributed by atoms with Gasteiger partial charge in [0, 0.05) is 31.7 Å². The van der Waals surface area contributed by atoms with E-state index in [1.165, 1.54) is 12.1 Å². The smallest absolute Gasteiger partial charge is 0.406 e. The first-order valence-corrected chi connectivity index (χ1v) is 6.68. The van der Waals surface area contributed by atoms with Crippen molar-refractivity contribution in [1.29, 1.82) is 0 Å². The largest absolute Gasteiger partial charge is 0.573 e. The van der Waals surface area contributed by atoms with E-state index in [1.807, 2.05) is 0 Å². The third kappa shape index (κ3) is 5.37. The highest BCUT2D eigenvalue weighted by Crippen LogP contribution is 2.26. The van der Waals surface area contributed by atoms with Crippen molar-refractivity contribution in [2.45, 2.75) is 32.3 Å². The van der Waals surface area contributed by atoms with Crippen molar-refractivity contribution in [1.82, 2.24) is 10.2 Å². The van der Waals surface area contributed by atoms with Gasteiger partial charge in [0.05, 0.1) is 0 Å². The summed E-state index contributed by atoms with van der Waals surface area (Å²) in [7, 11) is 0. The number of piperazine rings is 1. The molecular weight excluding hydrogens is 305 g/mol. The van der Waals surface area contributed by atoms with Crippen LogP contribution in [0.5, 0.6) is 5.75 Å². The van der Waals surface area contributed by atoms with Crippen molar-refractivity contribution < 1.29 is 17.9 Å². The molecule has 2 atom stereocenters. The van der Waals surface area contributed by atoms with E-state index in [4.69, 9.17) is 0 Å². The zero-order valence-corrected chi connectivity index (χ0v) is 12.8. The molecular formula is C14H20ClF3N2O. The lowest BCUT2D eigenvalue weighted by Gasteiger charge is -2.36. The van der Waals surface area contributed by atoms with E-state index in [-0.39, 0.29) is 24.2 Å². The Hall–Kier alpha value is -0.980. The number of nitrogens with zero attached hydrogens (tertiary/aromatic N) is 1. The van der Waals surface area contributed by atoms with E-state index < -0.39 is 6.36 Å². The van der Waals surface area contributed by atoms with Crippen molar-refractivity contribution >= 4 is 12.4 Å². The van der Waals surface area contributed by atoms with Gasteiger partial charge in [-0.2, -0.15) is 0 Å². The molecule has 0 bridgehead atoms. The summed E-state index contributed by atoms with van der Waals surface area (Å²) in [5, 5.41) is 3.37. The van der Waals surface area contributed by atoms with Crippen LogP contribution in [0.2, 0.25) is 0 Å². The number of hydrogen-bond donors (Lipinski definition) is 1. The van der Waals surface area contributed by atoms with Gasteiger partial charge in [0.15, 0.2) is 0 Å². The van der Waals surface area contributed by atoms with Crippen LogP contribution in [0.25, 0.3) is 0 Å². The first-order chi connectivity index (χ1) is 9.35. The van der Waals surface area contributed by atoms with Crippen LogP contribution in [0.4, 0.5) is 13.2 Å². The maximum absolute atomic E-state index is 12.1. The Balaban J connectivity index is 0.00000220. The fraction of sp³-hybridized carbons (Fsp3) is 0.571. The summed E-state index contributed by atoms with van der Waals surface area (Å²) in [6.07, 6.45) is -4.64. The minimum absolute atomic E-state index is 0. The summed E-state index contributed by atoms with van der Waals surface area (Å²) < 4.78 is 40.2. The van der Waals surface area contributed by atoms with Crippen molar-refractivity contribution in [3.05, 3.63) is 29.8 Å². The highest BCUT2D eigenvalue weighted by atomic mass is 35.5. The third-order valence-electron chi connectivity index (χ3n) is 3.54. The van der Waals surface area contributed by atoms with Gasteiger partial charge in [0.2, 0.25) is 0 Å². The number of ether oxygens (including phenoxy) is 1. The topological polar surface area (TPSA) is 24.5 Å². The van der Waals surface area contributed by atoms with Gasteiger partial charge in [-0.15, -0.1) is 25.6 Å². The molecule has 2 rings (SSSR count). The van der Waals surface area contributed by atoms with E-state index in [2.05, 4.69) is 28.8 Å². The Morgan fingerprint density at radius 1 is 1.29 bits per heavy atom. The zero-order valence-electron chi connectivity index (χ0n) is 12.0. The third-order valence-corrected chi connectivity index (χ3v) is 3.54. The van der Waals surface area contributed by atoms with Gasteiger partial charge in [-0.05, 0) is 31.5 Å². The molecule has 0 radical (unpaired) electrons. The molecule has 1 heterocycles. The van der Waals surface area contributed by atoms with Gasteiger partial charge in [0.1, 0.15) is 5.75 Å². The SMILES string of the molecule is CC1CN(C(C)c2ccc(OC(F)(F)F)cc2)CCN1.Cl. The van der Waals surface area contributed by atoms with E-state index in [0.717, 1.165) is 25.2 Å². The molecule has 3 nitrogen and oxygen atoms in total. The van der Waals surface area contributed by atoms with Gasteiger partial charge in [-0.3, -0.25) is 4.90 Å². The molecule has 2 unspecified atom stereocenters. The molecule has 7 heteroatoms. The van der Waals surface area contributed by atoms with Gasteiger partial charge < -0.3 is 10.1 Å². The van der Waals surface area contributed by atoms with E-state index in [0.29, 0.717) is 6.04 Å². The Bertz CT molecular complexity index is 439. The lowest BCUT2D eigenvalue weighted by atomic mass is 10.0. The van der Waals surface area contributed by atoms with E-state index >= 15 is 0 Å². The maximum atomic E-state index is 12.1. The number of alkyl halides is 3. The second-order valence-electron chi connectivity index (χ2n) is 5.14. The molecule has 1 aromatic rings. The summed E-state index contributed by atoms with van der Waals surface area (Å²) in [4.78, 5) is 2.32. The first kappa shape index (κ1) is 18.1. The van der Waals surface area contributed by atoms with Crippen LogP contribution in [0, 0.1) is 0 Å². The summed E-state index contributed by atoms with van der Waals surface area (Å²) in [6.45, 7) is 6.99. The van der Waals surface area contributed by atoms with Gasteiger partial charge in [0.25, 0.3) is 0 Å². The summed E-state index contributed by atoms with van der Waals surface area (Å²) in [6, 6.07) is 6.73. The molecule has 120 valence electrons. The normalized spacial score (nSPS) is 21.5. The molecule has 0 aromatic heterocycles. The van der Waals surface area contributed by atoms with Crippen molar-refractivity contribution in [3.63, 3.8) is 0 Å². The number of nitrogens with one attached hydrogen (secondary N) is 1. The molecule has 21 heavy (non-hydrogen) atoms. The number of halogens is 4. The Morgan fingerprint density at radius 3 is 2.43 bits per heavy atom. The number of hydrogen-bond acceptors (Lipinski definition) is 3. The Morgan fingerprint density at radius 2 is 1.90 bits per heavy atom. The molecule has 1 saturated heterocycles. The zero-order chi connectivity index (χ0) is 14.8. The van der Waals surface area contributed by atoms with Crippen molar-refractivity contribution in [2.75, 3.05) is 19.6 Å². The summed E-state index contributed by atoms with van der Waals surface area (Å²) >= 11 is 0. The monoisotopic (exact) mass is 324 g/mol. The molecule has 1 aromatic carbocycles. The fourth-order valence-electron chi connectivity index (χ4n) is 2.47. The second-order valence-corrected chi connectivity index (χ2v) is 5.14. The highest BCUT2D eigenvalue weighted by Gasteiger charge is 2.31. The standard InChI is InChI=1S/C14H19F3N2O.ClH/c1-10-9-19(8-7-18-10)11(2)12-3-5-13(6-4-12)20-14(15,16)17;/h3-6,10-11,18H,7-9H2,1-2H3;1H. The van der Waals surface area contributed by atoms with Crippen LogP contribution in [-0.4, -0.2) is 36.9 Å². The lowest BCUT2D eigenvalue weighted by molar-refractivity contribution is -0.274. The molecule has 1 aliphatic rings. The van der Waals surface area contributed by atoms with Crippen LogP contribution in [0.1, 0.15) is 25.5 Å². The van der Waals surface area contributed by atoms with Crippen molar-refractivity contribution in [3.8, 4) is 5.75 Å². The molecule has 0 amide bonds. The highest BCUT2D eigenvalue weighted by molar-refractivity contribution is 5.85. The van der Waals surface area contributed by atoms with Crippen molar-refractivity contribution in [2.24, 2.45) is 0 Å².